The summed E-state index contributed by atoms with van der Waals surface area (Å²) in [6, 6.07) is 7.89. The molecule has 0 unspecified atom stereocenters. The van der Waals surface area contributed by atoms with E-state index in [2.05, 4.69) is 6.07 Å². The van der Waals surface area contributed by atoms with Crippen LogP contribution in [0.2, 0.25) is 0 Å². The Bertz CT molecular complexity index is 430. The summed E-state index contributed by atoms with van der Waals surface area (Å²) in [5.74, 6) is 0.639. The van der Waals surface area contributed by atoms with Crippen molar-refractivity contribution in [3.63, 3.8) is 0 Å². The largest absolute Gasteiger partial charge is 0.495 e. The summed E-state index contributed by atoms with van der Waals surface area (Å²) in [5.41, 5.74) is 7.87. The molecule has 1 aliphatic carbocycles. The van der Waals surface area contributed by atoms with Crippen molar-refractivity contribution >= 4 is 0 Å². The number of benzene rings is 1. The maximum atomic E-state index is 8.96. The van der Waals surface area contributed by atoms with Crippen LogP contribution < -0.4 is 10.5 Å². The lowest BCUT2D eigenvalue weighted by Crippen LogP contribution is -2.22. The van der Waals surface area contributed by atoms with Gasteiger partial charge in [-0.1, -0.05) is 6.07 Å². The molecule has 3 nitrogen and oxygen atoms in total. The summed E-state index contributed by atoms with van der Waals surface area (Å²) in [6.07, 6.45) is 4.21. The van der Waals surface area contributed by atoms with Crippen molar-refractivity contribution in [2.24, 2.45) is 5.73 Å². The third-order valence-electron chi connectivity index (χ3n) is 3.19. The molecule has 0 radical (unpaired) electrons. The van der Waals surface area contributed by atoms with E-state index in [-0.39, 0.29) is 5.54 Å². The Morgan fingerprint density at radius 1 is 1.50 bits per heavy atom. The van der Waals surface area contributed by atoms with Gasteiger partial charge < -0.3 is 10.5 Å². The second kappa shape index (κ2) is 4.15. The van der Waals surface area contributed by atoms with Crippen molar-refractivity contribution in [1.82, 2.24) is 0 Å². The van der Waals surface area contributed by atoms with E-state index in [4.69, 9.17) is 15.7 Å². The molecule has 16 heavy (non-hydrogen) atoms. The van der Waals surface area contributed by atoms with Gasteiger partial charge in [-0.05, 0) is 43.4 Å². The fourth-order valence-corrected chi connectivity index (χ4v) is 1.80. The number of rotatable bonds is 4. The van der Waals surface area contributed by atoms with Gasteiger partial charge in [0.2, 0.25) is 0 Å². The molecule has 0 bridgehead atoms. The van der Waals surface area contributed by atoms with Crippen molar-refractivity contribution in [3.05, 3.63) is 29.3 Å². The zero-order valence-electron chi connectivity index (χ0n) is 9.49. The van der Waals surface area contributed by atoms with Crippen LogP contribution in [0.5, 0.6) is 5.75 Å². The molecule has 0 saturated heterocycles. The highest BCUT2D eigenvalue weighted by molar-refractivity contribution is 5.45. The second-order valence-electron chi connectivity index (χ2n) is 4.51. The molecule has 0 spiro atoms. The van der Waals surface area contributed by atoms with Crippen LogP contribution in [0.3, 0.4) is 0 Å². The molecule has 0 amide bonds. The maximum Gasteiger partial charge on any atom is 0.136 e. The lowest BCUT2D eigenvalue weighted by atomic mass is 10.0. The number of hydrogen-bond donors (Lipinski definition) is 1. The van der Waals surface area contributed by atoms with Crippen molar-refractivity contribution in [2.75, 3.05) is 7.11 Å². The van der Waals surface area contributed by atoms with Crippen molar-refractivity contribution in [1.29, 1.82) is 5.26 Å². The summed E-state index contributed by atoms with van der Waals surface area (Å²) in [5, 5.41) is 8.96. The van der Waals surface area contributed by atoms with Gasteiger partial charge in [0.1, 0.15) is 11.8 Å². The molecule has 0 heterocycles. The second-order valence-corrected chi connectivity index (χ2v) is 4.51. The SMILES string of the molecule is COc1ccc(CCC2(N)CC2)cc1C#N. The monoisotopic (exact) mass is 216 g/mol. The summed E-state index contributed by atoms with van der Waals surface area (Å²) in [4.78, 5) is 0. The number of ether oxygens (including phenoxy) is 1. The van der Waals surface area contributed by atoms with E-state index in [9.17, 15) is 0 Å². The average molecular weight is 216 g/mol. The lowest BCUT2D eigenvalue weighted by Gasteiger charge is -2.09. The van der Waals surface area contributed by atoms with Gasteiger partial charge >= 0.3 is 0 Å². The van der Waals surface area contributed by atoms with Crippen LogP contribution in [-0.4, -0.2) is 12.6 Å². The van der Waals surface area contributed by atoms with Crippen molar-refractivity contribution in [2.45, 2.75) is 31.2 Å². The Kier molecular flexibility index (Phi) is 2.84. The quantitative estimate of drug-likeness (QED) is 0.837. The van der Waals surface area contributed by atoms with Gasteiger partial charge in [-0.15, -0.1) is 0 Å². The number of nitriles is 1. The highest BCUT2D eigenvalue weighted by atomic mass is 16.5. The van der Waals surface area contributed by atoms with Gasteiger partial charge in [0.05, 0.1) is 12.7 Å². The first-order chi connectivity index (χ1) is 7.67. The fraction of sp³-hybridized carbons (Fsp3) is 0.462. The van der Waals surface area contributed by atoms with Gasteiger partial charge in [0.25, 0.3) is 0 Å². The van der Waals surface area contributed by atoms with Gasteiger partial charge in [-0.3, -0.25) is 0 Å². The van der Waals surface area contributed by atoms with Crippen LogP contribution in [0, 0.1) is 11.3 Å². The summed E-state index contributed by atoms with van der Waals surface area (Å²) in [6.45, 7) is 0. The Labute approximate surface area is 95.8 Å². The minimum Gasteiger partial charge on any atom is -0.495 e. The molecule has 1 aromatic rings. The summed E-state index contributed by atoms with van der Waals surface area (Å²) < 4.78 is 5.10. The number of nitrogens with two attached hydrogens (primary N) is 1. The van der Waals surface area contributed by atoms with Gasteiger partial charge in [-0.25, -0.2) is 0 Å². The molecule has 1 aromatic carbocycles. The molecule has 0 aliphatic heterocycles. The molecular formula is C13H16N2O. The predicted molar refractivity (Wildman–Crippen MR) is 62.2 cm³/mol. The molecule has 1 fully saturated rings. The predicted octanol–water partition coefficient (Wildman–Crippen LogP) is 1.99. The number of methoxy groups -OCH3 is 1. The van der Waals surface area contributed by atoms with Crippen LogP contribution in [-0.2, 0) is 6.42 Å². The zero-order chi connectivity index (χ0) is 11.6. The van der Waals surface area contributed by atoms with E-state index < -0.39 is 0 Å². The molecular weight excluding hydrogens is 200 g/mol. The Balaban J connectivity index is 2.07. The van der Waals surface area contributed by atoms with E-state index in [1.807, 2.05) is 18.2 Å². The normalized spacial score (nSPS) is 16.6. The van der Waals surface area contributed by atoms with E-state index in [0.717, 1.165) is 31.2 Å². The number of nitrogens with zero attached hydrogens (tertiary/aromatic N) is 1. The molecule has 3 heteroatoms. The first-order valence-electron chi connectivity index (χ1n) is 5.53. The lowest BCUT2D eigenvalue weighted by molar-refractivity contribution is 0.413. The fourth-order valence-electron chi connectivity index (χ4n) is 1.80. The van der Waals surface area contributed by atoms with Crippen LogP contribution in [0.15, 0.2) is 18.2 Å². The standard InChI is InChI=1S/C13H16N2O/c1-16-12-3-2-10(8-11(12)9-14)4-5-13(15)6-7-13/h2-3,8H,4-7,15H2,1H3. The third-order valence-corrected chi connectivity index (χ3v) is 3.19. The van der Waals surface area contributed by atoms with Crippen LogP contribution in [0.4, 0.5) is 0 Å². The maximum absolute atomic E-state index is 8.96. The smallest absolute Gasteiger partial charge is 0.136 e. The Morgan fingerprint density at radius 2 is 2.25 bits per heavy atom. The molecule has 84 valence electrons. The first kappa shape index (κ1) is 11.0. The third kappa shape index (κ3) is 2.34. The molecule has 0 aromatic heterocycles. The van der Waals surface area contributed by atoms with Crippen LogP contribution >= 0.6 is 0 Å². The van der Waals surface area contributed by atoms with Gasteiger partial charge in [-0.2, -0.15) is 5.26 Å². The van der Waals surface area contributed by atoms with Crippen molar-refractivity contribution < 1.29 is 4.74 Å². The number of hydrogen-bond acceptors (Lipinski definition) is 3. The topological polar surface area (TPSA) is 59.0 Å². The van der Waals surface area contributed by atoms with Gasteiger partial charge in [0, 0.05) is 5.54 Å². The van der Waals surface area contributed by atoms with Crippen molar-refractivity contribution in [3.8, 4) is 11.8 Å². The number of aryl methyl sites for hydroxylation is 1. The molecule has 0 atom stereocenters. The molecule has 2 rings (SSSR count). The molecule has 2 N–H and O–H groups in total. The average Bonchev–Trinajstić information content (AvgIpc) is 3.05. The summed E-state index contributed by atoms with van der Waals surface area (Å²) >= 11 is 0. The summed E-state index contributed by atoms with van der Waals surface area (Å²) in [7, 11) is 1.58. The first-order valence-corrected chi connectivity index (χ1v) is 5.53. The zero-order valence-corrected chi connectivity index (χ0v) is 9.49. The Hall–Kier alpha value is -1.53. The highest BCUT2D eigenvalue weighted by Crippen LogP contribution is 2.36. The van der Waals surface area contributed by atoms with Crippen LogP contribution in [0.1, 0.15) is 30.4 Å². The van der Waals surface area contributed by atoms with E-state index in [1.165, 1.54) is 0 Å². The minimum atomic E-state index is 0.0761. The highest BCUT2D eigenvalue weighted by Gasteiger charge is 2.37. The van der Waals surface area contributed by atoms with E-state index in [0.29, 0.717) is 11.3 Å². The molecule has 1 saturated carbocycles. The van der Waals surface area contributed by atoms with Gasteiger partial charge in [0.15, 0.2) is 0 Å². The van der Waals surface area contributed by atoms with Crippen LogP contribution in [0.25, 0.3) is 0 Å². The minimum absolute atomic E-state index is 0.0761. The molecule has 1 aliphatic rings. The van der Waals surface area contributed by atoms with E-state index in [1.54, 1.807) is 7.11 Å². The Morgan fingerprint density at radius 3 is 2.81 bits per heavy atom. The van der Waals surface area contributed by atoms with E-state index >= 15 is 0 Å².